The monoisotopic (exact) mass is 516 g/mol. The van der Waals surface area contributed by atoms with Crippen LogP contribution in [0.3, 0.4) is 0 Å². The van der Waals surface area contributed by atoms with Crippen molar-refractivity contribution in [2.75, 3.05) is 34.3 Å². The van der Waals surface area contributed by atoms with Gasteiger partial charge in [-0.15, -0.1) is 24.0 Å². The van der Waals surface area contributed by atoms with E-state index in [-0.39, 0.29) is 42.4 Å². The lowest BCUT2D eigenvalue weighted by molar-refractivity contribution is -0.127. The Morgan fingerprint density at radius 3 is 2.34 bits per heavy atom. The molecular weight excluding hydrogens is 483 g/mol. The molecule has 2 N–H and O–H groups in total. The molecule has 1 aromatic rings. The summed E-state index contributed by atoms with van der Waals surface area (Å²) in [7, 11) is 4.84. The Morgan fingerprint density at radius 1 is 1.10 bits per heavy atom. The van der Waals surface area contributed by atoms with E-state index in [9.17, 15) is 9.59 Å². The maximum atomic E-state index is 11.9. The first-order valence-electron chi connectivity index (χ1n) is 9.89. The zero-order valence-electron chi connectivity index (χ0n) is 17.6. The van der Waals surface area contributed by atoms with Crippen molar-refractivity contribution < 1.29 is 14.3 Å². The van der Waals surface area contributed by atoms with Crippen LogP contribution in [0.4, 0.5) is 0 Å². The van der Waals surface area contributed by atoms with Crippen LogP contribution in [0, 0.1) is 5.92 Å². The van der Waals surface area contributed by atoms with Crippen LogP contribution < -0.4 is 10.6 Å². The molecule has 7 nitrogen and oxygen atoms in total. The Balaban J connectivity index is 0.00000420. The van der Waals surface area contributed by atoms with E-state index in [1.54, 1.807) is 31.1 Å². The van der Waals surface area contributed by atoms with Gasteiger partial charge in [0.1, 0.15) is 0 Å². The summed E-state index contributed by atoms with van der Waals surface area (Å²) in [5.41, 5.74) is 1.49. The largest absolute Gasteiger partial charge is 0.465 e. The minimum atomic E-state index is -0.353. The van der Waals surface area contributed by atoms with E-state index >= 15 is 0 Å². The standard InChI is InChI=1S/C21H32N4O3.HI/c1-25(2)19(26)15-24-21(22-13-16-7-5-4-6-8-16)23-14-17-9-11-18(12-10-17)20(27)28-3;/h9-12,16H,4-8,13-15H2,1-3H3,(H2,22,23,24);1H. The summed E-state index contributed by atoms with van der Waals surface area (Å²) in [4.78, 5) is 29.6. The van der Waals surface area contributed by atoms with Gasteiger partial charge in [0, 0.05) is 20.6 Å². The molecule has 1 aliphatic carbocycles. The van der Waals surface area contributed by atoms with Crippen LogP contribution in [-0.2, 0) is 16.1 Å². The van der Waals surface area contributed by atoms with Crippen LogP contribution in [-0.4, -0.2) is 57.0 Å². The number of halogens is 1. The third kappa shape index (κ3) is 9.01. The Kier molecular flexibility index (Phi) is 11.6. The first-order chi connectivity index (χ1) is 13.5. The molecule has 1 aromatic carbocycles. The van der Waals surface area contributed by atoms with E-state index in [2.05, 4.69) is 15.6 Å². The number of hydrogen-bond acceptors (Lipinski definition) is 4. The van der Waals surface area contributed by atoms with Crippen molar-refractivity contribution in [1.29, 1.82) is 0 Å². The second kappa shape index (κ2) is 13.4. The summed E-state index contributed by atoms with van der Waals surface area (Å²) in [6, 6.07) is 7.18. The van der Waals surface area contributed by atoms with Gasteiger partial charge in [0.25, 0.3) is 0 Å². The highest BCUT2D eigenvalue weighted by Crippen LogP contribution is 2.22. The van der Waals surface area contributed by atoms with Crippen molar-refractivity contribution >= 4 is 41.8 Å². The smallest absolute Gasteiger partial charge is 0.337 e. The van der Waals surface area contributed by atoms with E-state index in [1.807, 2.05) is 12.1 Å². The summed E-state index contributed by atoms with van der Waals surface area (Å²) in [5, 5.41) is 6.51. The van der Waals surface area contributed by atoms with E-state index in [0.29, 0.717) is 24.0 Å². The predicted molar refractivity (Wildman–Crippen MR) is 126 cm³/mol. The van der Waals surface area contributed by atoms with Crippen LogP contribution in [0.15, 0.2) is 29.3 Å². The van der Waals surface area contributed by atoms with Gasteiger partial charge >= 0.3 is 5.97 Å². The van der Waals surface area contributed by atoms with Gasteiger partial charge in [-0.3, -0.25) is 4.79 Å². The van der Waals surface area contributed by atoms with E-state index in [0.717, 1.165) is 12.1 Å². The van der Waals surface area contributed by atoms with E-state index in [1.165, 1.54) is 39.2 Å². The van der Waals surface area contributed by atoms with Gasteiger partial charge in [0.05, 0.1) is 25.8 Å². The molecule has 8 heteroatoms. The van der Waals surface area contributed by atoms with E-state index < -0.39 is 0 Å². The zero-order valence-corrected chi connectivity index (χ0v) is 19.9. The van der Waals surface area contributed by atoms with Crippen LogP contribution in [0.1, 0.15) is 48.0 Å². The lowest BCUT2D eigenvalue weighted by Gasteiger charge is -2.23. The number of nitrogens with one attached hydrogen (secondary N) is 2. The lowest BCUT2D eigenvalue weighted by atomic mass is 9.89. The number of likely N-dealkylation sites (N-methyl/N-ethyl adjacent to an activating group) is 1. The number of rotatable bonds is 7. The topological polar surface area (TPSA) is 83.0 Å². The van der Waals surface area contributed by atoms with Crippen molar-refractivity contribution in [2.45, 2.75) is 38.6 Å². The maximum absolute atomic E-state index is 11.9. The molecule has 0 saturated heterocycles. The summed E-state index contributed by atoms with van der Waals surface area (Å²) in [5.74, 6) is 0.936. The molecule has 1 saturated carbocycles. The molecular formula is C21H33IN4O3. The van der Waals surface area contributed by atoms with Crippen molar-refractivity contribution in [3.63, 3.8) is 0 Å². The second-order valence-electron chi connectivity index (χ2n) is 7.38. The molecule has 1 fully saturated rings. The van der Waals surface area contributed by atoms with Crippen LogP contribution in [0.25, 0.3) is 0 Å². The predicted octanol–water partition coefficient (Wildman–Crippen LogP) is 2.79. The molecule has 0 unspecified atom stereocenters. The summed E-state index contributed by atoms with van der Waals surface area (Å²) >= 11 is 0. The van der Waals surface area contributed by atoms with Gasteiger partial charge in [0.2, 0.25) is 5.91 Å². The Bertz CT molecular complexity index is 671. The summed E-state index contributed by atoms with van der Waals surface area (Å²) in [6.45, 7) is 1.52. The van der Waals surface area contributed by atoms with Gasteiger partial charge in [-0.25, -0.2) is 9.79 Å². The van der Waals surface area contributed by atoms with E-state index in [4.69, 9.17) is 4.74 Å². The highest BCUT2D eigenvalue weighted by molar-refractivity contribution is 14.0. The number of nitrogens with zero attached hydrogens (tertiary/aromatic N) is 2. The first kappa shape index (κ1) is 25.2. The molecule has 162 valence electrons. The third-order valence-corrected chi connectivity index (χ3v) is 4.98. The Hall–Kier alpha value is -1.84. The fourth-order valence-electron chi connectivity index (χ4n) is 3.16. The number of aliphatic imine (C=N–C) groups is 1. The van der Waals surface area contributed by atoms with Crippen molar-refractivity contribution in [2.24, 2.45) is 10.9 Å². The number of methoxy groups -OCH3 is 1. The number of guanidine groups is 1. The molecule has 0 heterocycles. The number of carbonyl (C=O) groups is 2. The number of amides is 1. The minimum absolute atomic E-state index is 0. The average Bonchev–Trinajstić information content (AvgIpc) is 2.73. The molecule has 1 aliphatic rings. The van der Waals surface area contributed by atoms with Crippen LogP contribution >= 0.6 is 24.0 Å². The second-order valence-corrected chi connectivity index (χ2v) is 7.38. The van der Waals surface area contributed by atoms with Crippen molar-refractivity contribution in [3.8, 4) is 0 Å². The SMILES string of the molecule is COC(=O)c1ccc(CN=C(NCC(=O)N(C)C)NCC2CCCCC2)cc1.I. The number of esters is 1. The Morgan fingerprint density at radius 2 is 1.76 bits per heavy atom. The molecule has 0 aliphatic heterocycles. The van der Waals surface area contributed by atoms with Gasteiger partial charge in [0.15, 0.2) is 5.96 Å². The lowest BCUT2D eigenvalue weighted by Crippen LogP contribution is -2.44. The minimum Gasteiger partial charge on any atom is -0.465 e. The molecule has 2 rings (SSSR count). The number of benzene rings is 1. The molecule has 0 aromatic heterocycles. The van der Waals surface area contributed by atoms with Crippen molar-refractivity contribution in [3.05, 3.63) is 35.4 Å². The number of hydrogen-bond donors (Lipinski definition) is 2. The average molecular weight is 516 g/mol. The molecule has 0 bridgehead atoms. The third-order valence-electron chi connectivity index (χ3n) is 4.98. The quantitative estimate of drug-likeness (QED) is 0.252. The maximum Gasteiger partial charge on any atom is 0.337 e. The molecule has 0 radical (unpaired) electrons. The number of carbonyl (C=O) groups excluding carboxylic acids is 2. The van der Waals surface area contributed by atoms with Crippen LogP contribution in [0.2, 0.25) is 0 Å². The van der Waals surface area contributed by atoms with Crippen LogP contribution in [0.5, 0.6) is 0 Å². The van der Waals surface area contributed by atoms with Gasteiger partial charge < -0.3 is 20.3 Å². The first-order valence-corrected chi connectivity index (χ1v) is 9.89. The zero-order chi connectivity index (χ0) is 20.4. The molecule has 1 amide bonds. The van der Waals surface area contributed by atoms with Gasteiger partial charge in [-0.2, -0.15) is 0 Å². The Labute approximate surface area is 190 Å². The van der Waals surface area contributed by atoms with Crippen molar-refractivity contribution in [1.82, 2.24) is 15.5 Å². The molecule has 0 atom stereocenters. The fraction of sp³-hybridized carbons (Fsp3) is 0.571. The normalized spacial score (nSPS) is 14.5. The highest BCUT2D eigenvalue weighted by atomic mass is 127. The number of ether oxygens (including phenoxy) is 1. The van der Waals surface area contributed by atoms with Gasteiger partial charge in [-0.05, 0) is 36.5 Å². The molecule has 0 spiro atoms. The fourth-order valence-corrected chi connectivity index (χ4v) is 3.16. The summed E-state index contributed by atoms with van der Waals surface area (Å²) < 4.78 is 4.72. The summed E-state index contributed by atoms with van der Waals surface area (Å²) in [6.07, 6.45) is 6.39. The highest BCUT2D eigenvalue weighted by Gasteiger charge is 2.14. The van der Waals surface area contributed by atoms with Gasteiger partial charge in [-0.1, -0.05) is 31.4 Å². The molecule has 29 heavy (non-hydrogen) atoms.